The average molecular weight is 446 g/mol. The molecule has 0 spiro atoms. The Morgan fingerprint density at radius 1 is 0.906 bits per heavy atom. The molecule has 0 radical (unpaired) electrons. The zero-order valence-corrected chi connectivity index (χ0v) is 18.9. The molecule has 0 aliphatic rings. The highest BCUT2D eigenvalue weighted by Gasteiger charge is 2.19. The topological polar surface area (TPSA) is 66.2 Å². The van der Waals surface area contributed by atoms with Crippen LogP contribution in [0.5, 0.6) is 11.5 Å². The van der Waals surface area contributed by atoms with Crippen molar-refractivity contribution in [1.82, 2.24) is 14.8 Å². The number of Topliss-reactive ketones (excluding diaryl/α,β-unsaturated/α-hetero) is 1. The van der Waals surface area contributed by atoms with Crippen molar-refractivity contribution in [2.45, 2.75) is 17.8 Å². The lowest BCUT2D eigenvalue weighted by molar-refractivity contribution is 0.101. The molecular formula is C25H23N3O3S. The van der Waals surface area contributed by atoms with Crippen molar-refractivity contribution in [3.63, 3.8) is 0 Å². The van der Waals surface area contributed by atoms with Gasteiger partial charge in [-0.25, -0.2) is 0 Å². The van der Waals surface area contributed by atoms with E-state index in [1.807, 2.05) is 71.3 Å². The summed E-state index contributed by atoms with van der Waals surface area (Å²) in [7, 11) is 3.27. The number of carbonyl (C=O) groups is 1. The molecule has 3 aromatic carbocycles. The Hall–Kier alpha value is -3.58. The Kier molecular flexibility index (Phi) is 6.56. The maximum Gasteiger partial charge on any atom is 0.196 e. The molecule has 0 fully saturated rings. The van der Waals surface area contributed by atoms with Gasteiger partial charge in [-0.15, -0.1) is 10.2 Å². The fourth-order valence-corrected chi connectivity index (χ4v) is 4.36. The van der Waals surface area contributed by atoms with Gasteiger partial charge in [0.25, 0.3) is 0 Å². The van der Waals surface area contributed by atoms with Gasteiger partial charge in [-0.2, -0.15) is 0 Å². The van der Waals surface area contributed by atoms with Crippen LogP contribution in [-0.4, -0.2) is 34.8 Å². The second-order valence-electron chi connectivity index (χ2n) is 7.05. The summed E-state index contributed by atoms with van der Waals surface area (Å²) in [5.74, 6) is 2.74. The molecule has 0 aliphatic heterocycles. The van der Waals surface area contributed by atoms with E-state index in [2.05, 4.69) is 10.2 Å². The molecule has 4 aromatic rings. The molecule has 1 aromatic heterocycles. The van der Waals surface area contributed by atoms with Crippen LogP contribution in [0.4, 0.5) is 0 Å². The molecule has 0 aliphatic carbocycles. The van der Waals surface area contributed by atoms with Crippen LogP contribution in [0, 0.1) is 0 Å². The Bertz CT molecular complexity index is 1240. The average Bonchev–Trinajstić information content (AvgIpc) is 3.26. The first-order valence-corrected chi connectivity index (χ1v) is 11.1. The predicted octanol–water partition coefficient (Wildman–Crippen LogP) is 5.45. The minimum Gasteiger partial charge on any atom is -0.496 e. The number of aromatic nitrogens is 3. The standard InChI is InChI=1S/C25H23N3O3S/c1-17(29)18-13-14-22(30-2)19(15-18)16-32-25-27-26-24(21-11-7-8-12-23(21)31-3)28(25)20-9-5-4-6-10-20/h4-15H,16H2,1-3H3. The fourth-order valence-electron chi connectivity index (χ4n) is 3.43. The number of hydrogen-bond acceptors (Lipinski definition) is 6. The number of hydrogen-bond donors (Lipinski definition) is 0. The second kappa shape index (κ2) is 9.70. The molecular weight excluding hydrogens is 422 g/mol. The van der Waals surface area contributed by atoms with Crippen molar-refractivity contribution in [3.05, 3.63) is 83.9 Å². The summed E-state index contributed by atoms with van der Waals surface area (Å²) < 4.78 is 13.1. The zero-order chi connectivity index (χ0) is 22.5. The third-order valence-corrected chi connectivity index (χ3v) is 6.02. The Morgan fingerprint density at radius 3 is 2.34 bits per heavy atom. The highest BCUT2D eigenvalue weighted by atomic mass is 32.2. The Balaban J connectivity index is 1.75. The minimum absolute atomic E-state index is 0.0183. The summed E-state index contributed by atoms with van der Waals surface area (Å²) in [6.45, 7) is 1.56. The van der Waals surface area contributed by atoms with Crippen LogP contribution in [0.25, 0.3) is 17.1 Å². The number of para-hydroxylation sites is 2. The molecule has 7 heteroatoms. The minimum atomic E-state index is 0.0183. The van der Waals surface area contributed by atoms with E-state index in [1.165, 1.54) is 11.8 Å². The number of methoxy groups -OCH3 is 2. The van der Waals surface area contributed by atoms with E-state index in [0.717, 1.165) is 33.5 Å². The maximum atomic E-state index is 11.8. The Labute approximate surface area is 191 Å². The number of benzene rings is 3. The van der Waals surface area contributed by atoms with Crippen molar-refractivity contribution in [3.8, 4) is 28.6 Å². The smallest absolute Gasteiger partial charge is 0.196 e. The van der Waals surface area contributed by atoms with E-state index >= 15 is 0 Å². The molecule has 6 nitrogen and oxygen atoms in total. The zero-order valence-electron chi connectivity index (χ0n) is 18.1. The van der Waals surface area contributed by atoms with Gasteiger partial charge >= 0.3 is 0 Å². The third-order valence-electron chi connectivity index (χ3n) is 5.04. The largest absolute Gasteiger partial charge is 0.496 e. The fraction of sp³-hybridized carbons (Fsp3) is 0.160. The summed E-state index contributed by atoms with van der Waals surface area (Å²) in [6, 6.07) is 23.2. The van der Waals surface area contributed by atoms with Gasteiger partial charge in [-0.3, -0.25) is 9.36 Å². The third kappa shape index (κ3) is 4.38. The first-order valence-electron chi connectivity index (χ1n) is 10.1. The molecule has 0 unspecified atom stereocenters. The first-order chi connectivity index (χ1) is 15.6. The van der Waals surface area contributed by atoms with Crippen molar-refractivity contribution in [2.75, 3.05) is 14.2 Å². The van der Waals surface area contributed by atoms with E-state index < -0.39 is 0 Å². The van der Waals surface area contributed by atoms with Crippen LogP contribution < -0.4 is 9.47 Å². The quantitative estimate of drug-likeness (QED) is 0.266. The van der Waals surface area contributed by atoms with Crippen molar-refractivity contribution >= 4 is 17.5 Å². The molecule has 0 bridgehead atoms. The predicted molar refractivity (Wildman–Crippen MR) is 126 cm³/mol. The van der Waals surface area contributed by atoms with Gasteiger partial charge in [-0.05, 0) is 49.4 Å². The normalized spacial score (nSPS) is 10.7. The molecule has 0 saturated carbocycles. The van der Waals surface area contributed by atoms with Crippen LogP contribution in [0.3, 0.4) is 0 Å². The lowest BCUT2D eigenvalue weighted by Gasteiger charge is -2.13. The summed E-state index contributed by atoms with van der Waals surface area (Å²) in [6.07, 6.45) is 0. The monoisotopic (exact) mass is 445 g/mol. The van der Waals surface area contributed by atoms with Gasteiger partial charge in [0.05, 0.1) is 19.8 Å². The molecule has 1 heterocycles. The highest BCUT2D eigenvalue weighted by Crippen LogP contribution is 2.35. The van der Waals surface area contributed by atoms with Gasteiger partial charge in [-0.1, -0.05) is 42.1 Å². The summed E-state index contributed by atoms with van der Waals surface area (Å²) in [4.78, 5) is 11.8. The van der Waals surface area contributed by atoms with Crippen LogP contribution in [0.2, 0.25) is 0 Å². The summed E-state index contributed by atoms with van der Waals surface area (Å²) >= 11 is 1.53. The van der Waals surface area contributed by atoms with E-state index in [-0.39, 0.29) is 5.78 Å². The van der Waals surface area contributed by atoms with Crippen LogP contribution in [0.1, 0.15) is 22.8 Å². The first kappa shape index (κ1) is 21.6. The lowest BCUT2D eigenvalue weighted by Crippen LogP contribution is -2.01. The maximum absolute atomic E-state index is 11.8. The van der Waals surface area contributed by atoms with Gasteiger partial charge in [0, 0.05) is 22.6 Å². The number of carbonyl (C=O) groups excluding carboxylic acids is 1. The van der Waals surface area contributed by atoms with Gasteiger partial charge in [0.2, 0.25) is 0 Å². The van der Waals surface area contributed by atoms with Crippen LogP contribution in [-0.2, 0) is 5.75 Å². The SMILES string of the molecule is COc1ccc(C(C)=O)cc1CSc1nnc(-c2ccccc2OC)n1-c1ccccc1. The molecule has 4 rings (SSSR count). The van der Waals surface area contributed by atoms with E-state index in [1.54, 1.807) is 27.2 Å². The number of ether oxygens (including phenoxy) is 2. The van der Waals surface area contributed by atoms with E-state index in [9.17, 15) is 4.79 Å². The molecule has 0 amide bonds. The number of nitrogens with zero attached hydrogens (tertiary/aromatic N) is 3. The Morgan fingerprint density at radius 2 is 1.62 bits per heavy atom. The summed E-state index contributed by atoms with van der Waals surface area (Å²) in [5.41, 5.74) is 3.38. The number of thioether (sulfide) groups is 1. The molecule has 0 saturated heterocycles. The number of ketones is 1. The van der Waals surface area contributed by atoms with Crippen molar-refractivity contribution in [1.29, 1.82) is 0 Å². The lowest BCUT2D eigenvalue weighted by atomic mass is 10.1. The van der Waals surface area contributed by atoms with Crippen molar-refractivity contribution in [2.24, 2.45) is 0 Å². The molecule has 162 valence electrons. The second-order valence-corrected chi connectivity index (χ2v) is 7.99. The van der Waals surface area contributed by atoms with Crippen molar-refractivity contribution < 1.29 is 14.3 Å². The van der Waals surface area contributed by atoms with E-state index in [0.29, 0.717) is 17.1 Å². The van der Waals surface area contributed by atoms with E-state index in [4.69, 9.17) is 9.47 Å². The molecule has 0 atom stereocenters. The van der Waals surface area contributed by atoms with Gasteiger partial charge in [0.1, 0.15) is 11.5 Å². The molecule has 32 heavy (non-hydrogen) atoms. The van der Waals surface area contributed by atoms with Crippen LogP contribution in [0.15, 0.2) is 78.0 Å². The number of rotatable bonds is 8. The van der Waals surface area contributed by atoms with Gasteiger partial charge in [0.15, 0.2) is 16.8 Å². The summed E-state index contributed by atoms with van der Waals surface area (Å²) in [5, 5.41) is 9.71. The van der Waals surface area contributed by atoms with Crippen LogP contribution >= 0.6 is 11.8 Å². The van der Waals surface area contributed by atoms with Gasteiger partial charge < -0.3 is 9.47 Å². The highest BCUT2D eigenvalue weighted by molar-refractivity contribution is 7.98. The molecule has 0 N–H and O–H groups in total.